The van der Waals surface area contributed by atoms with Crippen LogP contribution in [-0.2, 0) is 28.3 Å². The van der Waals surface area contributed by atoms with E-state index in [1.165, 1.54) is 16.7 Å². The Labute approximate surface area is 205 Å². The molecule has 2 aromatic heterocycles. The first-order valence-electron chi connectivity index (χ1n) is 12.2. The normalized spacial score (nSPS) is 23.0. The Morgan fingerprint density at radius 2 is 2.03 bits per heavy atom. The minimum absolute atomic E-state index is 0.00448. The summed E-state index contributed by atoms with van der Waals surface area (Å²) in [6.07, 6.45) is 0.770. The molecule has 36 heavy (non-hydrogen) atoms. The van der Waals surface area contributed by atoms with Crippen LogP contribution in [0.25, 0.3) is 22.2 Å². The van der Waals surface area contributed by atoms with Gasteiger partial charge in [0.1, 0.15) is 12.4 Å². The summed E-state index contributed by atoms with van der Waals surface area (Å²) in [7, 11) is 0. The molecule has 10 heteroatoms. The molecule has 0 spiro atoms. The zero-order chi connectivity index (χ0) is 25.4. The molecule has 1 aromatic carbocycles. The van der Waals surface area contributed by atoms with Crippen molar-refractivity contribution >= 4 is 16.9 Å². The van der Waals surface area contributed by atoms with E-state index in [2.05, 4.69) is 4.90 Å². The number of fused-ring (bicyclic) bond motifs is 5. The summed E-state index contributed by atoms with van der Waals surface area (Å²) in [4.78, 5) is 41.9. The second kappa shape index (κ2) is 8.09. The van der Waals surface area contributed by atoms with Crippen LogP contribution >= 0.6 is 0 Å². The van der Waals surface area contributed by atoms with Crippen molar-refractivity contribution in [3.63, 3.8) is 0 Å². The maximum absolute atomic E-state index is 14.3. The molecule has 3 aliphatic heterocycles. The molecule has 0 unspecified atom stereocenters. The summed E-state index contributed by atoms with van der Waals surface area (Å²) in [5.41, 5.74) is -0.629. The van der Waals surface area contributed by atoms with E-state index >= 15 is 0 Å². The van der Waals surface area contributed by atoms with Gasteiger partial charge in [0.25, 0.3) is 5.56 Å². The molecule has 3 aromatic rings. The van der Waals surface area contributed by atoms with Gasteiger partial charge in [0.2, 0.25) is 0 Å². The highest BCUT2D eigenvalue weighted by Gasteiger charge is 2.46. The smallest absolute Gasteiger partial charge is 0.343 e. The van der Waals surface area contributed by atoms with Gasteiger partial charge in [-0.3, -0.25) is 14.5 Å². The van der Waals surface area contributed by atoms with E-state index < -0.39 is 28.4 Å². The lowest BCUT2D eigenvalue weighted by atomic mass is 9.85. The van der Waals surface area contributed by atoms with Gasteiger partial charge in [0.15, 0.2) is 11.0 Å². The number of benzene rings is 1. The van der Waals surface area contributed by atoms with Crippen molar-refractivity contribution in [1.29, 1.82) is 0 Å². The Balaban J connectivity index is 1.64. The first-order valence-corrected chi connectivity index (χ1v) is 12.2. The van der Waals surface area contributed by atoms with Gasteiger partial charge in [0, 0.05) is 36.6 Å². The van der Waals surface area contributed by atoms with Crippen LogP contribution in [-0.4, -0.2) is 56.5 Å². The van der Waals surface area contributed by atoms with Crippen LogP contribution in [0.1, 0.15) is 42.6 Å². The van der Waals surface area contributed by atoms with Crippen LogP contribution < -0.4 is 11.0 Å². The molecular weight excluding hydrogens is 469 g/mol. The van der Waals surface area contributed by atoms with Crippen molar-refractivity contribution < 1.29 is 24.1 Å². The summed E-state index contributed by atoms with van der Waals surface area (Å²) >= 11 is 0. The van der Waals surface area contributed by atoms with Gasteiger partial charge in [-0.05, 0) is 37.1 Å². The predicted molar refractivity (Wildman–Crippen MR) is 128 cm³/mol. The van der Waals surface area contributed by atoms with Gasteiger partial charge in [0.05, 0.1) is 41.2 Å². The molecule has 3 aliphatic rings. The molecule has 1 saturated heterocycles. The van der Waals surface area contributed by atoms with Crippen LogP contribution in [0, 0.1) is 5.82 Å². The van der Waals surface area contributed by atoms with Gasteiger partial charge >= 0.3 is 5.97 Å². The van der Waals surface area contributed by atoms with Crippen LogP contribution in [0.3, 0.4) is 0 Å². The average molecular weight is 496 g/mol. The number of ether oxygens (including phenoxy) is 1. The van der Waals surface area contributed by atoms with Crippen molar-refractivity contribution in [2.75, 3.05) is 26.2 Å². The predicted octanol–water partition coefficient (Wildman–Crippen LogP) is 1.22. The fraction of sp³-hybridized carbons (Fsp3) is 0.423. The summed E-state index contributed by atoms with van der Waals surface area (Å²) in [6.45, 7) is 3.48. The average Bonchev–Trinajstić information content (AvgIpc) is 3.48. The molecular formula is C26H26FN3O6. The minimum Gasteiger partial charge on any atom is -0.458 e. The van der Waals surface area contributed by atoms with Crippen molar-refractivity contribution in [1.82, 2.24) is 14.0 Å². The maximum atomic E-state index is 14.3. The number of esters is 1. The molecule has 2 N–H and O–H groups in total. The third-order valence-corrected chi connectivity index (χ3v) is 7.90. The fourth-order valence-electron chi connectivity index (χ4n) is 6.05. The van der Waals surface area contributed by atoms with Crippen LogP contribution in [0.5, 0.6) is 0 Å². The number of likely N-dealkylation sites (tertiary alicyclic amines) is 1. The first-order chi connectivity index (χ1) is 17.3. The largest absolute Gasteiger partial charge is 0.458 e. The number of carbonyl (C=O) groups is 1. The molecule has 9 nitrogen and oxygen atoms in total. The highest BCUT2D eigenvalue weighted by Crippen LogP contribution is 2.40. The number of aliphatic hydroxyl groups is 2. The third kappa shape index (κ3) is 3.07. The lowest BCUT2D eigenvalue weighted by molar-refractivity contribution is -0.172. The molecule has 188 valence electrons. The van der Waals surface area contributed by atoms with E-state index in [0.29, 0.717) is 30.0 Å². The standard InChI is InChI=1S/C26H26FN3O6/c1-2-26(35)18-10-20-22-21(12-29(20)24(33)17(18)13-36-25(26)34)30(15-5-6-28(11-15)7-8-31)19-4-3-14(27)9-16(19)23(22)32/h3-4,9-10,15,31,35H,2,5-8,11-13H2,1H3/t15-,26+/m1/s1. The molecule has 1 fully saturated rings. The molecule has 5 heterocycles. The van der Waals surface area contributed by atoms with Crippen LogP contribution in [0.15, 0.2) is 33.9 Å². The quantitative estimate of drug-likeness (QED) is 0.410. The van der Waals surface area contributed by atoms with Gasteiger partial charge < -0.3 is 24.1 Å². The topological polar surface area (TPSA) is 114 Å². The Bertz CT molecular complexity index is 1560. The van der Waals surface area contributed by atoms with E-state index in [4.69, 9.17) is 4.74 Å². The second-order valence-corrected chi connectivity index (χ2v) is 9.75. The van der Waals surface area contributed by atoms with E-state index in [0.717, 1.165) is 13.0 Å². The van der Waals surface area contributed by atoms with Gasteiger partial charge in [-0.1, -0.05) is 6.92 Å². The Hall–Kier alpha value is -3.34. The summed E-state index contributed by atoms with van der Waals surface area (Å²) in [5, 5.41) is 20.7. The first kappa shape index (κ1) is 23.1. The molecule has 0 bridgehead atoms. The maximum Gasteiger partial charge on any atom is 0.343 e. The Morgan fingerprint density at radius 3 is 2.78 bits per heavy atom. The lowest BCUT2D eigenvalue weighted by Gasteiger charge is -2.31. The van der Waals surface area contributed by atoms with Crippen LogP contribution in [0.4, 0.5) is 4.39 Å². The number of hydrogen-bond acceptors (Lipinski definition) is 7. The lowest BCUT2D eigenvalue weighted by Crippen LogP contribution is -2.44. The number of rotatable bonds is 4. The minimum atomic E-state index is -1.98. The Kier molecular flexibility index (Phi) is 5.19. The molecule has 2 atom stereocenters. The van der Waals surface area contributed by atoms with Gasteiger partial charge in [-0.25, -0.2) is 9.18 Å². The molecule has 0 amide bonds. The zero-order valence-electron chi connectivity index (χ0n) is 19.8. The number of aliphatic hydroxyl groups excluding tert-OH is 1. The number of nitrogens with zero attached hydrogens (tertiary/aromatic N) is 3. The third-order valence-electron chi connectivity index (χ3n) is 7.90. The number of pyridine rings is 2. The molecule has 0 saturated carbocycles. The van der Waals surface area contributed by atoms with Crippen molar-refractivity contribution in [3.05, 3.63) is 67.5 Å². The summed E-state index contributed by atoms with van der Waals surface area (Å²) in [6, 6.07) is 5.64. The van der Waals surface area contributed by atoms with E-state index in [9.17, 15) is 29.0 Å². The Morgan fingerprint density at radius 1 is 1.22 bits per heavy atom. The van der Waals surface area contributed by atoms with Crippen molar-refractivity contribution in [2.45, 2.75) is 44.6 Å². The van der Waals surface area contributed by atoms with E-state index in [-0.39, 0.29) is 54.3 Å². The van der Waals surface area contributed by atoms with Gasteiger partial charge in [-0.2, -0.15) is 0 Å². The van der Waals surface area contributed by atoms with Crippen molar-refractivity contribution in [2.24, 2.45) is 0 Å². The van der Waals surface area contributed by atoms with Gasteiger partial charge in [-0.15, -0.1) is 0 Å². The SMILES string of the molecule is CC[C@@]1(O)C(=O)OCc2c1cc1n(c2=O)Cc2c-1c(=O)c1cc(F)ccc1n2[C@@H]1CCN(CCO)C1. The van der Waals surface area contributed by atoms with Crippen molar-refractivity contribution in [3.8, 4) is 11.3 Å². The molecule has 0 aliphatic carbocycles. The number of cyclic esters (lactones) is 1. The highest BCUT2D eigenvalue weighted by atomic mass is 19.1. The number of carbonyl (C=O) groups excluding carboxylic acids is 1. The second-order valence-electron chi connectivity index (χ2n) is 9.75. The number of halogens is 1. The number of β-amino-alcohol motifs (C(OH)–C–C–N with tert-alkyl or cyclic N) is 1. The number of hydrogen-bond donors (Lipinski definition) is 2. The van der Waals surface area contributed by atoms with E-state index in [1.54, 1.807) is 19.1 Å². The van der Waals surface area contributed by atoms with Crippen LogP contribution in [0.2, 0.25) is 0 Å². The summed E-state index contributed by atoms with van der Waals surface area (Å²) < 4.78 is 22.9. The monoisotopic (exact) mass is 495 g/mol. The highest BCUT2D eigenvalue weighted by molar-refractivity contribution is 5.88. The zero-order valence-corrected chi connectivity index (χ0v) is 19.8. The molecule has 0 radical (unpaired) electrons. The fourth-order valence-corrected chi connectivity index (χ4v) is 6.05. The number of aromatic nitrogens is 2. The summed E-state index contributed by atoms with van der Waals surface area (Å²) in [5.74, 6) is -1.36. The van der Waals surface area contributed by atoms with E-state index in [1.807, 2.05) is 4.57 Å². The molecule has 6 rings (SSSR count).